The van der Waals surface area contributed by atoms with E-state index in [4.69, 9.17) is 0 Å². The molecule has 18 heavy (non-hydrogen) atoms. The van der Waals surface area contributed by atoms with Crippen LogP contribution in [0.1, 0.15) is 18.1 Å². The maximum Gasteiger partial charge on any atom is 0.221 e. The molecule has 90 valence electrons. The Labute approximate surface area is 104 Å². The third-order valence-corrected chi connectivity index (χ3v) is 2.80. The largest absolute Gasteiger partial charge is 0.325 e. The average Bonchev–Trinajstić information content (AvgIpc) is 2.35. The molecule has 2 aromatic heterocycles. The van der Waals surface area contributed by atoms with Gasteiger partial charge in [0, 0.05) is 25.1 Å². The van der Waals surface area contributed by atoms with Crippen molar-refractivity contribution in [2.75, 3.05) is 10.6 Å². The van der Waals surface area contributed by atoms with E-state index in [-0.39, 0.29) is 5.91 Å². The number of fused-ring (bicyclic) bond motifs is 2. The first-order chi connectivity index (χ1) is 8.72. The van der Waals surface area contributed by atoms with Gasteiger partial charge in [-0.3, -0.25) is 4.79 Å². The van der Waals surface area contributed by atoms with Crippen molar-refractivity contribution >= 4 is 23.2 Å². The number of nitrogens with one attached hydrogen (secondary N) is 2. The first-order valence-electron chi connectivity index (χ1n) is 5.70. The number of carbonyl (C=O) groups excluding carboxylic acids is 1. The smallest absolute Gasteiger partial charge is 0.221 e. The molecule has 2 N–H and O–H groups in total. The summed E-state index contributed by atoms with van der Waals surface area (Å²) in [4.78, 5) is 19.6. The summed E-state index contributed by atoms with van der Waals surface area (Å²) < 4.78 is 0. The molecule has 0 saturated carbocycles. The fourth-order valence-electron chi connectivity index (χ4n) is 2.04. The third kappa shape index (κ3) is 1.90. The van der Waals surface area contributed by atoms with Gasteiger partial charge < -0.3 is 10.6 Å². The summed E-state index contributed by atoms with van der Waals surface area (Å²) in [6.45, 7) is 1.48. The Bertz CT molecular complexity index is 624. The van der Waals surface area contributed by atoms with E-state index in [1.807, 2.05) is 18.2 Å². The van der Waals surface area contributed by atoms with E-state index in [2.05, 4.69) is 20.6 Å². The van der Waals surface area contributed by atoms with Gasteiger partial charge in [0.15, 0.2) is 0 Å². The van der Waals surface area contributed by atoms with Crippen molar-refractivity contribution in [3.05, 3.63) is 41.7 Å². The molecule has 1 aliphatic rings. The Kier molecular flexibility index (Phi) is 2.44. The number of carbonyl (C=O) groups is 1. The second-order valence-corrected chi connectivity index (χ2v) is 4.23. The number of hydrogen-bond acceptors (Lipinski definition) is 4. The summed E-state index contributed by atoms with van der Waals surface area (Å²) in [5.41, 5.74) is 2.91. The van der Waals surface area contributed by atoms with Crippen molar-refractivity contribution in [2.45, 2.75) is 13.3 Å². The zero-order chi connectivity index (χ0) is 12.5. The van der Waals surface area contributed by atoms with Crippen LogP contribution in [-0.4, -0.2) is 15.9 Å². The van der Waals surface area contributed by atoms with Crippen LogP contribution in [0.25, 0.3) is 0 Å². The highest BCUT2D eigenvalue weighted by Gasteiger charge is 2.16. The molecule has 2 aromatic rings. The fourth-order valence-corrected chi connectivity index (χ4v) is 2.04. The van der Waals surface area contributed by atoms with Crippen LogP contribution in [0.2, 0.25) is 0 Å². The van der Waals surface area contributed by atoms with E-state index in [0.29, 0.717) is 0 Å². The molecule has 0 radical (unpaired) electrons. The number of rotatable bonds is 1. The monoisotopic (exact) mass is 240 g/mol. The minimum Gasteiger partial charge on any atom is -0.325 e. The fraction of sp³-hybridized carbons (Fsp3) is 0.154. The summed E-state index contributed by atoms with van der Waals surface area (Å²) in [6, 6.07) is 5.88. The van der Waals surface area contributed by atoms with Gasteiger partial charge in [-0.25, -0.2) is 9.97 Å². The van der Waals surface area contributed by atoms with Crippen molar-refractivity contribution in [3.8, 4) is 0 Å². The number of hydrogen-bond donors (Lipinski definition) is 2. The first kappa shape index (κ1) is 10.7. The molecule has 1 amide bonds. The van der Waals surface area contributed by atoms with Gasteiger partial charge >= 0.3 is 0 Å². The van der Waals surface area contributed by atoms with E-state index in [9.17, 15) is 4.79 Å². The highest BCUT2D eigenvalue weighted by atomic mass is 16.1. The van der Waals surface area contributed by atoms with Crippen LogP contribution < -0.4 is 10.6 Å². The molecule has 0 fully saturated rings. The molecule has 0 saturated heterocycles. The maximum absolute atomic E-state index is 11.0. The Morgan fingerprint density at radius 2 is 2.17 bits per heavy atom. The predicted molar refractivity (Wildman–Crippen MR) is 68.9 cm³/mol. The van der Waals surface area contributed by atoms with Gasteiger partial charge in [0.2, 0.25) is 5.91 Å². The summed E-state index contributed by atoms with van der Waals surface area (Å²) in [7, 11) is 0. The lowest BCUT2D eigenvalue weighted by molar-refractivity contribution is -0.114. The Morgan fingerprint density at radius 1 is 1.33 bits per heavy atom. The van der Waals surface area contributed by atoms with Crippen LogP contribution in [0.3, 0.4) is 0 Å². The van der Waals surface area contributed by atoms with Gasteiger partial charge in [-0.15, -0.1) is 0 Å². The number of amides is 1. The summed E-state index contributed by atoms with van der Waals surface area (Å²) in [5.74, 6) is 1.56. The topological polar surface area (TPSA) is 66.9 Å². The van der Waals surface area contributed by atoms with Crippen molar-refractivity contribution in [3.63, 3.8) is 0 Å². The summed E-state index contributed by atoms with van der Waals surface area (Å²) in [6.07, 6.45) is 4.16. The summed E-state index contributed by atoms with van der Waals surface area (Å²) in [5, 5.41) is 5.92. The highest BCUT2D eigenvalue weighted by molar-refractivity contribution is 5.88. The maximum atomic E-state index is 11.0. The SMILES string of the molecule is CC(=O)Nc1cnc2c(c1)Cc1cccnc1N2. The van der Waals surface area contributed by atoms with Crippen LogP contribution >= 0.6 is 0 Å². The van der Waals surface area contributed by atoms with Gasteiger partial charge in [0.05, 0.1) is 11.9 Å². The van der Waals surface area contributed by atoms with Crippen molar-refractivity contribution in [1.29, 1.82) is 0 Å². The summed E-state index contributed by atoms with van der Waals surface area (Å²) >= 11 is 0. The van der Waals surface area contributed by atoms with Crippen LogP contribution in [-0.2, 0) is 11.2 Å². The second kappa shape index (κ2) is 4.10. The molecule has 5 nitrogen and oxygen atoms in total. The van der Waals surface area contributed by atoms with Gasteiger partial charge in [0.1, 0.15) is 11.6 Å². The first-order valence-corrected chi connectivity index (χ1v) is 5.70. The Morgan fingerprint density at radius 3 is 3.00 bits per heavy atom. The molecule has 3 rings (SSSR count). The minimum atomic E-state index is -0.0948. The standard InChI is InChI=1S/C13H12N4O/c1-8(18)16-11-6-10-5-9-3-2-4-14-12(9)17-13(10)15-7-11/h2-4,6-7H,5H2,1H3,(H,16,18)(H,14,15,17). The molecule has 0 bridgehead atoms. The molecule has 5 heteroatoms. The number of pyridine rings is 2. The van der Waals surface area contributed by atoms with Crippen molar-refractivity contribution in [2.24, 2.45) is 0 Å². The molecule has 3 heterocycles. The van der Waals surface area contributed by atoms with Gasteiger partial charge in [-0.2, -0.15) is 0 Å². The van der Waals surface area contributed by atoms with E-state index < -0.39 is 0 Å². The molecule has 0 unspecified atom stereocenters. The minimum absolute atomic E-state index is 0.0948. The quantitative estimate of drug-likeness (QED) is 0.683. The number of nitrogens with zero attached hydrogens (tertiary/aromatic N) is 2. The van der Waals surface area contributed by atoms with Crippen molar-refractivity contribution in [1.82, 2.24) is 9.97 Å². The van der Waals surface area contributed by atoms with E-state index >= 15 is 0 Å². The Hall–Kier alpha value is -2.43. The van der Waals surface area contributed by atoms with Crippen LogP contribution in [0.4, 0.5) is 17.3 Å². The van der Waals surface area contributed by atoms with E-state index in [0.717, 1.165) is 34.9 Å². The highest BCUT2D eigenvalue weighted by Crippen LogP contribution is 2.30. The lowest BCUT2D eigenvalue weighted by atomic mass is 10.0. The van der Waals surface area contributed by atoms with Gasteiger partial charge in [-0.05, 0) is 17.7 Å². The van der Waals surface area contributed by atoms with E-state index in [1.54, 1.807) is 12.4 Å². The second-order valence-electron chi connectivity index (χ2n) is 4.23. The van der Waals surface area contributed by atoms with Crippen LogP contribution in [0.15, 0.2) is 30.6 Å². The van der Waals surface area contributed by atoms with Crippen LogP contribution in [0, 0.1) is 0 Å². The molecule has 0 aromatic carbocycles. The van der Waals surface area contributed by atoms with Crippen molar-refractivity contribution < 1.29 is 4.79 Å². The van der Waals surface area contributed by atoms with Crippen LogP contribution in [0.5, 0.6) is 0 Å². The lowest BCUT2D eigenvalue weighted by Gasteiger charge is -2.19. The zero-order valence-electron chi connectivity index (χ0n) is 9.90. The molecule has 0 aliphatic carbocycles. The average molecular weight is 240 g/mol. The predicted octanol–water partition coefficient (Wildman–Crippen LogP) is 2.08. The number of anilines is 3. The molecule has 1 aliphatic heterocycles. The lowest BCUT2D eigenvalue weighted by Crippen LogP contribution is -2.12. The van der Waals surface area contributed by atoms with E-state index in [1.165, 1.54) is 6.92 Å². The molecule has 0 atom stereocenters. The zero-order valence-corrected chi connectivity index (χ0v) is 9.90. The normalized spacial score (nSPS) is 12.1. The molecule has 0 spiro atoms. The van der Waals surface area contributed by atoms with Gasteiger partial charge in [-0.1, -0.05) is 6.07 Å². The third-order valence-electron chi connectivity index (χ3n) is 2.80. The number of aromatic nitrogens is 2. The molecular weight excluding hydrogens is 228 g/mol. The van der Waals surface area contributed by atoms with Gasteiger partial charge in [0.25, 0.3) is 0 Å². The molecular formula is C13H12N4O. The Balaban J connectivity index is 1.96.